The van der Waals surface area contributed by atoms with Gasteiger partial charge in [-0.3, -0.25) is 4.79 Å². The molecular formula is C19H30N2O3S. The first-order chi connectivity index (χ1) is 11.9. The molecule has 25 heavy (non-hydrogen) atoms. The van der Waals surface area contributed by atoms with Gasteiger partial charge in [0.1, 0.15) is 0 Å². The lowest BCUT2D eigenvalue weighted by Crippen LogP contribution is -2.29. The smallest absolute Gasteiger partial charge is 0.240 e. The van der Waals surface area contributed by atoms with Gasteiger partial charge in [0.2, 0.25) is 15.9 Å². The lowest BCUT2D eigenvalue weighted by molar-refractivity contribution is -0.118. The Labute approximate surface area is 151 Å². The highest BCUT2D eigenvalue weighted by atomic mass is 32.2. The minimum Gasteiger partial charge on any atom is -0.312 e. The Morgan fingerprint density at radius 1 is 1.28 bits per heavy atom. The average molecular weight is 367 g/mol. The molecule has 0 aromatic heterocycles. The average Bonchev–Trinajstić information content (AvgIpc) is 3.04. The molecule has 1 aliphatic rings. The fourth-order valence-electron chi connectivity index (χ4n) is 3.25. The Kier molecular flexibility index (Phi) is 7.02. The predicted octanol–water partition coefficient (Wildman–Crippen LogP) is 3.48. The fraction of sp³-hybridized carbons (Fsp3) is 0.632. The van der Waals surface area contributed by atoms with Crippen LogP contribution in [0, 0.1) is 5.92 Å². The number of nitrogens with zero attached hydrogens (tertiary/aromatic N) is 1. The van der Waals surface area contributed by atoms with Crippen molar-refractivity contribution in [1.82, 2.24) is 4.72 Å². The van der Waals surface area contributed by atoms with E-state index in [9.17, 15) is 13.2 Å². The molecule has 1 aromatic rings. The van der Waals surface area contributed by atoms with E-state index in [0.717, 1.165) is 36.9 Å². The van der Waals surface area contributed by atoms with Crippen molar-refractivity contribution in [1.29, 1.82) is 0 Å². The van der Waals surface area contributed by atoms with Gasteiger partial charge in [0, 0.05) is 25.2 Å². The van der Waals surface area contributed by atoms with Crippen molar-refractivity contribution in [3.63, 3.8) is 0 Å². The van der Waals surface area contributed by atoms with Gasteiger partial charge in [-0.2, -0.15) is 0 Å². The molecule has 0 spiro atoms. The highest BCUT2D eigenvalue weighted by Crippen LogP contribution is 2.30. The second-order valence-corrected chi connectivity index (χ2v) is 8.47. The van der Waals surface area contributed by atoms with Gasteiger partial charge in [0.05, 0.1) is 4.90 Å². The predicted molar refractivity (Wildman–Crippen MR) is 101 cm³/mol. The van der Waals surface area contributed by atoms with Gasteiger partial charge < -0.3 is 4.90 Å². The molecule has 6 heteroatoms. The van der Waals surface area contributed by atoms with Crippen LogP contribution in [0.1, 0.15) is 58.4 Å². The van der Waals surface area contributed by atoms with Gasteiger partial charge in [-0.25, -0.2) is 13.1 Å². The molecule has 1 N–H and O–H groups in total. The normalized spacial score (nSPS) is 15.2. The molecule has 2 rings (SSSR count). The van der Waals surface area contributed by atoms with Crippen molar-refractivity contribution in [2.75, 3.05) is 18.0 Å². The van der Waals surface area contributed by atoms with Crippen LogP contribution in [0.5, 0.6) is 0 Å². The molecule has 0 saturated carbocycles. The number of nitrogens with one attached hydrogen (secondary N) is 1. The maximum atomic E-state index is 12.6. The number of hydrogen-bond acceptors (Lipinski definition) is 3. The largest absolute Gasteiger partial charge is 0.312 e. The number of sulfonamides is 1. The summed E-state index contributed by atoms with van der Waals surface area (Å²) >= 11 is 0. The quantitative estimate of drug-likeness (QED) is 0.727. The molecule has 1 aromatic carbocycles. The van der Waals surface area contributed by atoms with E-state index in [4.69, 9.17) is 0 Å². The first-order valence-electron chi connectivity index (χ1n) is 9.35. The Hall–Kier alpha value is -1.40. The van der Waals surface area contributed by atoms with E-state index < -0.39 is 10.0 Å². The van der Waals surface area contributed by atoms with Crippen LogP contribution < -0.4 is 9.62 Å². The lowest BCUT2D eigenvalue weighted by Gasteiger charge is -2.17. The minimum absolute atomic E-state index is 0.0780. The van der Waals surface area contributed by atoms with Crippen molar-refractivity contribution >= 4 is 21.6 Å². The number of hydrogen-bond donors (Lipinski definition) is 1. The van der Waals surface area contributed by atoms with Gasteiger partial charge in [-0.15, -0.1) is 0 Å². The highest BCUT2D eigenvalue weighted by Gasteiger charge is 2.26. The van der Waals surface area contributed by atoms with Crippen LogP contribution in [-0.4, -0.2) is 27.4 Å². The van der Waals surface area contributed by atoms with E-state index in [2.05, 4.69) is 18.6 Å². The van der Waals surface area contributed by atoms with Gasteiger partial charge in [-0.1, -0.05) is 40.0 Å². The van der Waals surface area contributed by atoms with E-state index in [1.54, 1.807) is 23.1 Å². The topological polar surface area (TPSA) is 66.5 Å². The first-order valence-corrected chi connectivity index (χ1v) is 10.8. The zero-order chi connectivity index (χ0) is 18.4. The van der Waals surface area contributed by atoms with Crippen LogP contribution in [0.4, 0.5) is 5.69 Å². The number of benzene rings is 1. The zero-order valence-corrected chi connectivity index (χ0v) is 16.4. The van der Waals surface area contributed by atoms with Crippen molar-refractivity contribution in [3.8, 4) is 0 Å². The Balaban J connectivity index is 2.09. The molecule has 140 valence electrons. The molecule has 1 unspecified atom stereocenters. The molecule has 0 saturated heterocycles. The van der Waals surface area contributed by atoms with Gasteiger partial charge >= 0.3 is 0 Å². The van der Waals surface area contributed by atoms with Gasteiger partial charge in [-0.05, 0) is 42.5 Å². The second-order valence-electron chi connectivity index (χ2n) is 6.71. The van der Waals surface area contributed by atoms with Crippen molar-refractivity contribution < 1.29 is 13.2 Å². The van der Waals surface area contributed by atoms with Crippen LogP contribution >= 0.6 is 0 Å². The Morgan fingerprint density at radius 3 is 2.68 bits per heavy atom. The number of fused-ring (bicyclic) bond motifs is 1. The van der Waals surface area contributed by atoms with E-state index in [-0.39, 0.29) is 5.91 Å². The summed E-state index contributed by atoms with van der Waals surface area (Å²) in [5.41, 5.74) is 1.78. The van der Waals surface area contributed by atoms with Crippen molar-refractivity contribution in [2.24, 2.45) is 5.92 Å². The van der Waals surface area contributed by atoms with Gasteiger partial charge in [0.15, 0.2) is 0 Å². The molecule has 1 heterocycles. The third kappa shape index (κ3) is 4.82. The van der Waals surface area contributed by atoms with E-state index in [1.807, 2.05) is 6.92 Å². The summed E-state index contributed by atoms with van der Waals surface area (Å²) in [4.78, 5) is 14.0. The molecule has 0 bridgehead atoms. The van der Waals surface area contributed by atoms with Crippen LogP contribution in [0.25, 0.3) is 0 Å². The summed E-state index contributed by atoms with van der Waals surface area (Å²) in [6.45, 7) is 7.20. The number of amides is 1. The Bertz CT molecular complexity index is 701. The lowest BCUT2D eigenvalue weighted by atomic mass is 10.00. The summed E-state index contributed by atoms with van der Waals surface area (Å²) in [7, 11) is -3.51. The maximum absolute atomic E-state index is 12.6. The molecule has 0 fully saturated rings. The molecule has 1 amide bonds. The number of rotatable bonds is 9. The van der Waals surface area contributed by atoms with Crippen molar-refractivity contribution in [2.45, 2.75) is 64.2 Å². The second kappa shape index (κ2) is 8.81. The van der Waals surface area contributed by atoms with Crippen LogP contribution in [0.15, 0.2) is 23.1 Å². The fourth-order valence-corrected chi connectivity index (χ4v) is 4.42. The summed E-state index contributed by atoms with van der Waals surface area (Å²) < 4.78 is 28.0. The highest BCUT2D eigenvalue weighted by molar-refractivity contribution is 7.89. The number of carbonyl (C=O) groups excluding carboxylic acids is 1. The standard InChI is InChI=1S/C19H30N2O3S/c1-4-7-8-15(5-2)14-20-25(23,24)17-9-10-18-16(13-17)11-12-21(18)19(22)6-3/h9-10,13,15,20H,4-8,11-12,14H2,1-3H3. The molecule has 0 radical (unpaired) electrons. The van der Waals surface area contributed by atoms with Crippen LogP contribution in [-0.2, 0) is 21.2 Å². The van der Waals surface area contributed by atoms with Crippen LogP contribution in [0.2, 0.25) is 0 Å². The minimum atomic E-state index is -3.51. The van der Waals surface area contributed by atoms with Gasteiger partial charge in [0.25, 0.3) is 0 Å². The Morgan fingerprint density at radius 2 is 2.04 bits per heavy atom. The van der Waals surface area contributed by atoms with Crippen molar-refractivity contribution in [3.05, 3.63) is 23.8 Å². The molecule has 1 atom stereocenters. The number of carbonyl (C=O) groups is 1. The summed E-state index contributed by atoms with van der Waals surface area (Å²) in [5.74, 6) is 0.455. The molecular weight excluding hydrogens is 336 g/mol. The van der Waals surface area contributed by atoms with E-state index >= 15 is 0 Å². The number of anilines is 1. The maximum Gasteiger partial charge on any atom is 0.240 e. The molecule has 5 nitrogen and oxygen atoms in total. The van der Waals surface area contributed by atoms with Crippen LogP contribution in [0.3, 0.4) is 0 Å². The van der Waals surface area contributed by atoms with E-state index in [0.29, 0.717) is 36.7 Å². The molecule has 1 aliphatic heterocycles. The SMILES string of the molecule is CCCCC(CC)CNS(=O)(=O)c1ccc2c(c1)CCN2C(=O)CC. The monoisotopic (exact) mass is 366 g/mol. The number of unbranched alkanes of at least 4 members (excludes halogenated alkanes) is 1. The third-order valence-corrected chi connectivity index (χ3v) is 6.39. The first kappa shape index (κ1) is 19.9. The zero-order valence-electron chi connectivity index (χ0n) is 15.5. The van der Waals surface area contributed by atoms with E-state index in [1.165, 1.54) is 0 Å². The summed E-state index contributed by atoms with van der Waals surface area (Å²) in [6, 6.07) is 5.09. The third-order valence-electron chi connectivity index (χ3n) is 4.97. The molecule has 0 aliphatic carbocycles. The summed E-state index contributed by atoms with van der Waals surface area (Å²) in [5, 5.41) is 0. The summed E-state index contributed by atoms with van der Waals surface area (Å²) in [6.07, 6.45) is 5.44.